The van der Waals surface area contributed by atoms with E-state index in [1.807, 2.05) is 54.6 Å². The van der Waals surface area contributed by atoms with Gasteiger partial charge in [0, 0.05) is 18.6 Å². The first-order valence-corrected chi connectivity index (χ1v) is 7.23. The number of benzene rings is 2. The number of nitrogens with zero attached hydrogens (tertiary/aromatic N) is 1. The van der Waals surface area contributed by atoms with Crippen LogP contribution in [0.4, 0.5) is 0 Å². The third kappa shape index (κ3) is 5.34. The van der Waals surface area contributed by atoms with Crippen LogP contribution < -0.4 is 5.73 Å². The van der Waals surface area contributed by atoms with Gasteiger partial charge in [-0.2, -0.15) is 0 Å². The van der Waals surface area contributed by atoms with E-state index in [4.69, 9.17) is 17.3 Å². The molecule has 0 fully saturated rings. The van der Waals surface area contributed by atoms with Crippen molar-refractivity contribution >= 4 is 29.9 Å². The lowest BCUT2D eigenvalue weighted by atomic mass is 10.1. The van der Waals surface area contributed by atoms with Crippen molar-refractivity contribution < 1.29 is 4.79 Å². The van der Waals surface area contributed by atoms with E-state index in [0.717, 1.165) is 11.1 Å². The van der Waals surface area contributed by atoms with E-state index in [9.17, 15) is 4.79 Å². The number of likely N-dealkylation sites (N-methyl/N-ethyl adjacent to an activating group) is 1. The van der Waals surface area contributed by atoms with Gasteiger partial charge in [-0.25, -0.2) is 0 Å². The molecule has 22 heavy (non-hydrogen) atoms. The highest BCUT2D eigenvalue weighted by Gasteiger charge is 2.18. The Morgan fingerprint density at radius 1 is 1.14 bits per heavy atom. The molecule has 0 unspecified atom stereocenters. The number of halogens is 2. The standard InChI is InChI=1S/C17H19ClN2O.ClH/c1-20(12-14-8-5-9-15(18)10-14)17(21)16(19)11-13-6-3-2-4-7-13;/h2-10,16H,11-12,19H2,1H3;1H/t16-;/m0./s1. The second-order valence-corrected chi connectivity index (χ2v) is 5.56. The molecule has 0 heterocycles. The summed E-state index contributed by atoms with van der Waals surface area (Å²) >= 11 is 5.95. The molecule has 0 saturated carbocycles. The monoisotopic (exact) mass is 338 g/mol. The van der Waals surface area contributed by atoms with Gasteiger partial charge in [-0.3, -0.25) is 4.79 Å². The second-order valence-electron chi connectivity index (χ2n) is 5.12. The topological polar surface area (TPSA) is 46.3 Å². The Labute approximate surface area is 142 Å². The third-order valence-corrected chi connectivity index (χ3v) is 3.54. The molecule has 118 valence electrons. The molecule has 3 nitrogen and oxygen atoms in total. The summed E-state index contributed by atoms with van der Waals surface area (Å²) in [6, 6.07) is 16.7. The highest BCUT2D eigenvalue weighted by molar-refractivity contribution is 6.30. The van der Waals surface area contributed by atoms with Crippen LogP contribution in [0.3, 0.4) is 0 Å². The molecule has 0 spiro atoms. The quantitative estimate of drug-likeness (QED) is 0.909. The molecule has 0 aromatic heterocycles. The van der Waals surface area contributed by atoms with Crippen molar-refractivity contribution in [2.75, 3.05) is 7.05 Å². The molecule has 2 aromatic rings. The van der Waals surface area contributed by atoms with Gasteiger partial charge in [0.25, 0.3) is 0 Å². The average molecular weight is 339 g/mol. The van der Waals surface area contributed by atoms with Gasteiger partial charge in [0.2, 0.25) is 5.91 Å². The smallest absolute Gasteiger partial charge is 0.239 e. The number of nitrogens with two attached hydrogens (primary N) is 1. The summed E-state index contributed by atoms with van der Waals surface area (Å²) in [4.78, 5) is 13.9. The zero-order chi connectivity index (χ0) is 15.2. The van der Waals surface area contributed by atoms with Crippen LogP contribution in [0.15, 0.2) is 54.6 Å². The number of amides is 1. The van der Waals surface area contributed by atoms with Gasteiger partial charge < -0.3 is 10.6 Å². The van der Waals surface area contributed by atoms with Gasteiger partial charge >= 0.3 is 0 Å². The lowest BCUT2D eigenvalue weighted by Crippen LogP contribution is -2.42. The summed E-state index contributed by atoms with van der Waals surface area (Å²) in [5.74, 6) is -0.0705. The zero-order valence-corrected chi connectivity index (χ0v) is 14.0. The maximum absolute atomic E-state index is 12.3. The normalized spacial score (nSPS) is 11.4. The fourth-order valence-corrected chi connectivity index (χ4v) is 2.44. The Morgan fingerprint density at radius 2 is 1.77 bits per heavy atom. The molecule has 2 N–H and O–H groups in total. The molecule has 0 radical (unpaired) electrons. The summed E-state index contributed by atoms with van der Waals surface area (Å²) in [5, 5.41) is 0.668. The predicted molar refractivity (Wildman–Crippen MR) is 93.3 cm³/mol. The van der Waals surface area contributed by atoms with Crippen LogP contribution in [0.5, 0.6) is 0 Å². The molecule has 0 saturated heterocycles. The highest BCUT2D eigenvalue weighted by atomic mass is 35.5. The van der Waals surface area contributed by atoms with Crippen LogP contribution in [0.2, 0.25) is 5.02 Å². The van der Waals surface area contributed by atoms with Gasteiger partial charge in [-0.15, -0.1) is 12.4 Å². The van der Waals surface area contributed by atoms with Crippen LogP contribution in [0.1, 0.15) is 11.1 Å². The minimum Gasteiger partial charge on any atom is -0.340 e. The molecule has 1 atom stereocenters. The minimum atomic E-state index is -0.531. The first kappa shape index (κ1) is 18.5. The van der Waals surface area contributed by atoms with Crippen molar-refractivity contribution in [1.29, 1.82) is 0 Å². The largest absolute Gasteiger partial charge is 0.340 e. The predicted octanol–water partition coefficient (Wildman–Crippen LogP) is 3.29. The summed E-state index contributed by atoms with van der Waals surface area (Å²) in [6.45, 7) is 0.502. The van der Waals surface area contributed by atoms with Crippen LogP contribution in [-0.2, 0) is 17.8 Å². The summed E-state index contributed by atoms with van der Waals surface area (Å²) < 4.78 is 0. The number of hydrogen-bond donors (Lipinski definition) is 1. The first-order chi connectivity index (χ1) is 10.1. The lowest BCUT2D eigenvalue weighted by molar-refractivity contribution is -0.131. The van der Waals surface area contributed by atoms with E-state index in [2.05, 4.69) is 0 Å². The van der Waals surface area contributed by atoms with Crippen LogP contribution in [0, 0.1) is 0 Å². The summed E-state index contributed by atoms with van der Waals surface area (Å²) in [5.41, 5.74) is 8.07. The number of carbonyl (C=O) groups excluding carboxylic acids is 1. The Morgan fingerprint density at radius 3 is 2.41 bits per heavy atom. The highest BCUT2D eigenvalue weighted by Crippen LogP contribution is 2.13. The van der Waals surface area contributed by atoms with Crippen LogP contribution >= 0.6 is 24.0 Å². The van der Waals surface area contributed by atoms with E-state index in [-0.39, 0.29) is 18.3 Å². The molecule has 0 aliphatic heterocycles. The van der Waals surface area contributed by atoms with E-state index < -0.39 is 6.04 Å². The molecular formula is C17H20Cl2N2O. The summed E-state index contributed by atoms with van der Waals surface area (Å²) in [7, 11) is 1.76. The van der Waals surface area contributed by atoms with E-state index in [0.29, 0.717) is 18.0 Å². The molecule has 0 bridgehead atoms. The number of hydrogen-bond acceptors (Lipinski definition) is 2. The molecule has 2 rings (SSSR count). The molecule has 2 aromatic carbocycles. The lowest BCUT2D eigenvalue weighted by Gasteiger charge is -2.21. The molecule has 0 aliphatic carbocycles. The minimum absolute atomic E-state index is 0. The fraction of sp³-hybridized carbons (Fsp3) is 0.235. The van der Waals surface area contributed by atoms with E-state index in [1.54, 1.807) is 11.9 Å². The number of rotatable bonds is 5. The van der Waals surface area contributed by atoms with Gasteiger partial charge in [0.05, 0.1) is 6.04 Å². The SMILES string of the molecule is CN(Cc1cccc(Cl)c1)C(=O)[C@@H](N)Cc1ccccc1.Cl. The van der Waals surface area contributed by atoms with Gasteiger partial charge in [-0.05, 0) is 29.7 Å². The van der Waals surface area contributed by atoms with Gasteiger partial charge in [-0.1, -0.05) is 54.1 Å². The molecular weight excluding hydrogens is 319 g/mol. The second kappa shape index (κ2) is 8.79. The third-order valence-electron chi connectivity index (χ3n) is 3.30. The Hall–Kier alpha value is -1.55. The van der Waals surface area contributed by atoms with Crippen molar-refractivity contribution in [3.05, 3.63) is 70.7 Å². The molecule has 0 aliphatic rings. The van der Waals surface area contributed by atoms with Gasteiger partial charge in [0.1, 0.15) is 0 Å². The molecule has 5 heteroatoms. The van der Waals surface area contributed by atoms with Crippen molar-refractivity contribution in [1.82, 2.24) is 4.90 Å². The van der Waals surface area contributed by atoms with Gasteiger partial charge in [0.15, 0.2) is 0 Å². The van der Waals surface area contributed by atoms with Crippen molar-refractivity contribution in [3.8, 4) is 0 Å². The maximum atomic E-state index is 12.3. The fourth-order valence-electron chi connectivity index (χ4n) is 2.23. The Kier molecular flexibility index (Phi) is 7.39. The average Bonchev–Trinajstić information content (AvgIpc) is 2.47. The molecule has 1 amide bonds. The van der Waals surface area contributed by atoms with E-state index >= 15 is 0 Å². The first-order valence-electron chi connectivity index (χ1n) is 6.85. The van der Waals surface area contributed by atoms with E-state index in [1.165, 1.54) is 0 Å². The van der Waals surface area contributed by atoms with Crippen molar-refractivity contribution in [3.63, 3.8) is 0 Å². The summed E-state index contributed by atoms with van der Waals surface area (Å²) in [6.07, 6.45) is 0.541. The van der Waals surface area contributed by atoms with Crippen LogP contribution in [-0.4, -0.2) is 23.9 Å². The van der Waals surface area contributed by atoms with Crippen molar-refractivity contribution in [2.24, 2.45) is 5.73 Å². The maximum Gasteiger partial charge on any atom is 0.239 e. The Bertz CT molecular complexity index is 605. The van der Waals surface area contributed by atoms with Crippen molar-refractivity contribution in [2.45, 2.75) is 19.0 Å². The number of carbonyl (C=O) groups is 1. The zero-order valence-electron chi connectivity index (χ0n) is 12.4. The Balaban J connectivity index is 0.00000242. The van der Waals surface area contributed by atoms with Crippen LogP contribution in [0.25, 0.3) is 0 Å².